The molecule has 0 aliphatic carbocycles. The topological polar surface area (TPSA) is 49.4 Å². The van der Waals surface area contributed by atoms with E-state index in [1.165, 1.54) is 23.1 Å². The predicted octanol–water partition coefficient (Wildman–Crippen LogP) is 4.98. The maximum atomic E-state index is 13.7. The minimum atomic E-state index is -0.593. The van der Waals surface area contributed by atoms with Gasteiger partial charge in [0.25, 0.3) is 11.8 Å². The van der Waals surface area contributed by atoms with Crippen molar-refractivity contribution in [2.45, 2.75) is 0 Å². The molecule has 1 aliphatic heterocycles. The summed E-state index contributed by atoms with van der Waals surface area (Å²) in [5.41, 5.74) is 2.33. The molecule has 1 N–H and O–H groups in total. The molecule has 0 unspecified atom stereocenters. The third-order valence-corrected chi connectivity index (χ3v) is 5.12. The lowest BCUT2D eigenvalue weighted by atomic mass is 9.97. The van der Waals surface area contributed by atoms with Gasteiger partial charge in [-0.1, -0.05) is 48.0 Å². The fraction of sp³-hybridized carbons (Fsp3) is 0. The number of halogens is 2. The molecule has 7 heteroatoms. The first kappa shape index (κ1) is 19.9. The van der Waals surface area contributed by atoms with E-state index >= 15 is 0 Å². The molecular formula is C23H14ClFN2O2S. The summed E-state index contributed by atoms with van der Waals surface area (Å²) < 4.78 is 13.7. The summed E-state index contributed by atoms with van der Waals surface area (Å²) in [6.45, 7) is 0. The van der Waals surface area contributed by atoms with E-state index in [-0.39, 0.29) is 16.5 Å². The average Bonchev–Trinajstić information content (AvgIpc) is 2.72. The lowest BCUT2D eigenvalue weighted by molar-refractivity contribution is -0.122. The number of hydrogen-bond donors (Lipinski definition) is 1. The number of nitrogens with one attached hydrogen (secondary N) is 1. The highest BCUT2D eigenvalue weighted by Crippen LogP contribution is 2.28. The van der Waals surface area contributed by atoms with Gasteiger partial charge in [0.1, 0.15) is 11.4 Å². The van der Waals surface area contributed by atoms with Crippen LogP contribution in [0.5, 0.6) is 0 Å². The van der Waals surface area contributed by atoms with E-state index in [4.69, 9.17) is 23.8 Å². The number of hydrogen-bond acceptors (Lipinski definition) is 3. The third kappa shape index (κ3) is 3.87. The van der Waals surface area contributed by atoms with Gasteiger partial charge in [0, 0.05) is 5.02 Å². The van der Waals surface area contributed by atoms with Crippen LogP contribution in [0.25, 0.3) is 17.2 Å². The first-order valence-electron chi connectivity index (χ1n) is 8.96. The first-order valence-corrected chi connectivity index (χ1v) is 9.74. The van der Waals surface area contributed by atoms with Crippen molar-refractivity contribution in [3.05, 3.63) is 94.8 Å². The Labute approximate surface area is 182 Å². The average molecular weight is 437 g/mol. The third-order valence-electron chi connectivity index (χ3n) is 4.58. The fourth-order valence-corrected chi connectivity index (χ4v) is 3.59. The zero-order valence-electron chi connectivity index (χ0n) is 15.4. The van der Waals surface area contributed by atoms with Gasteiger partial charge in [0.15, 0.2) is 5.11 Å². The van der Waals surface area contributed by atoms with Gasteiger partial charge in [0.2, 0.25) is 0 Å². The molecular weight excluding hydrogens is 423 g/mol. The first-order chi connectivity index (χ1) is 14.4. The van der Waals surface area contributed by atoms with Crippen molar-refractivity contribution in [1.82, 2.24) is 5.32 Å². The van der Waals surface area contributed by atoms with Gasteiger partial charge in [-0.2, -0.15) is 0 Å². The fourth-order valence-electron chi connectivity index (χ4n) is 3.18. The number of carbonyl (C=O) groups is 2. The van der Waals surface area contributed by atoms with Crippen LogP contribution in [0.3, 0.4) is 0 Å². The normalized spacial score (nSPS) is 15.5. The minimum absolute atomic E-state index is 0.0112. The van der Waals surface area contributed by atoms with Crippen LogP contribution in [0.2, 0.25) is 5.02 Å². The smallest absolute Gasteiger partial charge is 0.270 e. The van der Waals surface area contributed by atoms with E-state index in [2.05, 4.69) is 5.32 Å². The number of rotatable bonds is 3. The number of nitrogens with zero attached hydrogens (tertiary/aromatic N) is 1. The number of anilines is 1. The molecule has 4 nitrogen and oxygen atoms in total. The molecule has 148 valence electrons. The second-order valence-electron chi connectivity index (χ2n) is 6.53. The summed E-state index contributed by atoms with van der Waals surface area (Å²) in [7, 11) is 0. The molecule has 0 aromatic heterocycles. The molecule has 0 radical (unpaired) electrons. The largest absolute Gasteiger partial charge is 0.298 e. The SMILES string of the molecule is O=C1NC(=S)N(c2ccc(Cl)cc2)C(=O)/C1=C/c1ccccc1-c1cccc(F)c1. The van der Waals surface area contributed by atoms with Crippen LogP contribution in [0.15, 0.2) is 78.4 Å². The Balaban J connectivity index is 1.78. The van der Waals surface area contributed by atoms with Crippen LogP contribution in [-0.2, 0) is 9.59 Å². The molecule has 2 amide bonds. The van der Waals surface area contributed by atoms with Crippen LogP contribution >= 0.6 is 23.8 Å². The molecule has 0 bridgehead atoms. The predicted molar refractivity (Wildman–Crippen MR) is 119 cm³/mol. The highest BCUT2D eigenvalue weighted by Gasteiger charge is 2.34. The van der Waals surface area contributed by atoms with E-state index in [9.17, 15) is 14.0 Å². The minimum Gasteiger partial charge on any atom is -0.298 e. The highest BCUT2D eigenvalue weighted by molar-refractivity contribution is 7.80. The zero-order valence-corrected chi connectivity index (χ0v) is 17.0. The van der Waals surface area contributed by atoms with Crippen molar-refractivity contribution in [3.8, 4) is 11.1 Å². The number of amides is 2. The zero-order chi connectivity index (χ0) is 21.3. The van der Waals surface area contributed by atoms with E-state index < -0.39 is 11.8 Å². The maximum Gasteiger partial charge on any atom is 0.270 e. The molecule has 1 heterocycles. The molecule has 1 saturated heterocycles. The highest BCUT2D eigenvalue weighted by atomic mass is 35.5. The summed E-state index contributed by atoms with van der Waals surface area (Å²) in [5.74, 6) is -1.52. The van der Waals surface area contributed by atoms with E-state index in [1.54, 1.807) is 60.7 Å². The van der Waals surface area contributed by atoms with Crippen molar-refractivity contribution in [2.24, 2.45) is 0 Å². The Bertz CT molecular complexity index is 1210. The van der Waals surface area contributed by atoms with Gasteiger partial charge in [-0.05, 0) is 71.4 Å². The Morgan fingerprint density at radius 3 is 2.43 bits per heavy atom. The molecule has 1 aliphatic rings. The number of carbonyl (C=O) groups excluding carboxylic acids is 2. The molecule has 0 atom stereocenters. The molecule has 0 saturated carbocycles. The van der Waals surface area contributed by atoms with Crippen LogP contribution in [0.4, 0.5) is 10.1 Å². The summed E-state index contributed by atoms with van der Waals surface area (Å²) >= 11 is 11.1. The summed E-state index contributed by atoms with van der Waals surface area (Å²) in [6, 6.07) is 19.8. The van der Waals surface area contributed by atoms with E-state index in [0.29, 0.717) is 27.4 Å². The standard InChI is InChI=1S/C23H14ClFN2O2S/c24-16-8-10-18(11-9-16)27-22(29)20(21(28)26-23(27)30)13-15-4-1-2-7-19(15)14-5-3-6-17(25)12-14/h1-13H,(H,26,28,30)/b20-13+. The van der Waals surface area contributed by atoms with Crippen molar-refractivity contribution in [1.29, 1.82) is 0 Å². The molecule has 1 fully saturated rings. The number of thiocarbonyl (C=S) groups is 1. The Hall–Kier alpha value is -3.35. The van der Waals surface area contributed by atoms with Gasteiger partial charge < -0.3 is 0 Å². The van der Waals surface area contributed by atoms with Crippen LogP contribution in [0.1, 0.15) is 5.56 Å². The van der Waals surface area contributed by atoms with Crippen LogP contribution in [0, 0.1) is 5.82 Å². The maximum absolute atomic E-state index is 13.7. The number of benzene rings is 3. The summed E-state index contributed by atoms with van der Waals surface area (Å²) in [4.78, 5) is 27.0. The molecule has 3 aromatic carbocycles. The van der Waals surface area contributed by atoms with Crippen molar-refractivity contribution in [3.63, 3.8) is 0 Å². The Morgan fingerprint density at radius 2 is 1.70 bits per heavy atom. The van der Waals surface area contributed by atoms with Crippen molar-refractivity contribution in [2.75, 3.05) is 4.90 Å². The van der Waals surface area contributed by atoms with Gasteiger partial charge in [-0.15, -0.1) is 0 Å². The lowest BCUT2D eigenvalue weighted by Crippen LogP contribution is -2.54. The Morgan fingerprint density at radius 1 is 0.967 bits per heavy atom. The van der Waals surface area contributed by atoms with Crippen LogP contribution < -0.4 is 10.2 Å². The quantitative estimate of drug-likeness (QED) is 0.358. The van der Waals surface area contributed by atoms with Gasteiger partial charge in [-0.25, -0.2) is 4.39 Å². The molecule has 3 aromatic rings. The lowest BCUT2D eigenvalue weighted by Gasteiger charge is -2.29. The second-order valence-corrected chi connectivity index (χ2v) is 7.36. The summed E-state index contributed by atoms with van der Waals surface area (Å²) in [5, 5.41) is 3.05. The van der Waals surface area contributed by atoms with E-state index in [0.717, 1.165) is 0 Å². The van der Waals surface area contributed by atoms with E-state index in [1.807, 2.05) is 0 Å². The van der Waals surface area contributed by atoms with Gasteiger partial charge in [-0.3, -0.25) is 19.8 Å². The van der Waals surface area contributed by atoms with Crippen LogP contribution in [-0.4, -0.2) is 16.9 Å². The molecule has 0 spiro atoms. The molecule has 4 rings (SSSR count). The van der Waals surface area contributed by atoms with Gasteiger partial charge in [0.05, 0.1) is 5.69 Å². The Kier molecular flexibility index (Phi) is 5.44. The second kappa shape index (κ2) is 8.18. The van der Waals surface area contributed by atoms with Gasteiger partial charge >= 0.3 is 0 Å². The van der Waals surface area contributed by atoms with Crippen molar-refractivity contribution >= 4 is 52.5 Å². The summed E-state index contributed by atoms with van der Waals surface area (Å²) in [6.07, 6.45) is 1.49. The molecule has 30 heavy (non-hydrogen) atoms. The van der Waals surface area contributed by atoms with Crippen molar-refractivity contribution < 1.29 is 14.0 Å². The monoisotopic (exact) mass is 436 g/mol.